The number of carbonyl (C=O) groups excluding carboxylic acids is 1. The van der Waals surface area contributed by atoms with E-state index < -0.39 is 0 Å². The molecule has 0 aliphatic heterocycles. The smallest absolute Gasteiger partial charge is 0.274 e. The van der Waals surface area contributed by atoms with Crippen molar-refractivity contribution >= 4 is 17.4 Å². The fourth-order valence-electron chi connectivity index (χ4n) is 2.83. The summed E-state index contributed by atoms with van der Waals surface area (Å²) < 4.78 is 5.36. The highest BCUT2D eigenvalue weighted by Gasteiger charge is 2.09. The van der Waals surface area contributed by atoms with E-state index >= 15 is 0 Å². The molecule has 0 aliphatic carbocycles. The van der Waals surface area contributed by atoms with Gasteiger partial charge < -0.3 is 15.4 Å². The molecule has 0 aliphatic rings. The highest BCUT2D eigenvalue weighted by Crippen LogP contribution is 2.18. The number of ether oxygens (including phenoxy) is 1. The zero-order valence-corrected chi connectivity index (χ0v) is 16.1. The van der Waals surface area contributed by atoms with Crippen molar-refractivity contribution in [2.75, 3.05) is 24.3 Å². The van der Waals surface area contributed by atoms with Crippen molar-refractivity contribution in [3.8, 4) is 5.75 Å². The Hall–Kier alpha value is -3.41. The van der Waals surface area contributed by atoms with Crippen LogP contribution >= 0.6 is 0 Å². The molecule has 0 saturated carbocycles. The minimum atomic E-state index is -0.264. The van der Waals surface area contributed by atoms with Gasteiger partial charge in [0.15, 0.2) is 0 Å². The second-order valence-electron chi connectivity index (χ2n) is 6.28. The van der Waals surface area contributed by atoms with E-state index in [0.29, 0.717) is 18.1 Å². The van der Waals surface area contributed by atoms with E-state index in [-0.39, 0.29) is 5.91 Å². The molecule has 6 heteroatoms. The molecule has 28 heavy (non-hydrogen) atoms. The summed E-state index contributed by atoms with van der Waals surface area (Å²) in [7, 11) is 1.66. The maximum atomic E-state index is 12.5. The van der Waals surface area contributed by atoms with Crippen molar-refractivity contribution in [1.82, 2.24) is 9.97 Å². The maximum Gasteiger partial charge on any atom is 0.274 e. The fraction of sp³-hybridized carbons (Fsp3) is 0.227. The van der Waals surface area contributed by atoms with E-state index in [4.69, 9.17) is 4.74 Å². The number of para-hydroxylation sites is 1. The summed E-state index contributed by atoms with van der Waals surface area (Å²) in [5.41, 5.74) is 3.39. The van der Waals surface area contributed by atoms with Crippen LogP contribution in [0.1, 0.15) is 28.5 Å². The molecule has 1 aromatic heterocycles. The van der Waals surface area contributed by atoms with Crippen molar-refractivity contribution in [3.05, 3.63) is 77.7 Å². The first-order chi connectivity index (χ1) is 13.7. The quantitative estimate of drug-likeness (QED) is 0.622. The SMILES string of the molecule is CCc1ccc(NC(=O)c2cc(NCCc3ccccc3OC)ncn2)cc1. The molecule has 0 fully saturated rings. The number of hydrogen-bond donors (Lipinski definition) is 2. The number of carbonyl (C=O) groups is 1. The molecule has 3 aromatic rings. The van der Waals surface area contributed by atoms with Gasteiger partial charge in [-0.25, -0.2) is 9.97 Å². The van der Waals surface area contributed by atoms with E-state index in [2.05, 4.69) is 27.5 Å². The van der Waals surface area contributed by atoms with E-state index in [1.807, 2.05) is 48.5 Å². The molecule has 2 N–H and O–H groups in total. The van der Waals surface area contributed by atoms with Crippen LogP contribution in [0, 0.1) is 0 Å². The third-order valence-corrected chi connectivity index (χ3v) is 4.41. The number of methoxy groups -OCH3 is 1. The first-order valence-electron chi connectivity index (χ1n) is 9.27. The van der Waals surface area contributed by atoms with Crippen LogP contribution in [0.4, 0.5) is 11.5 Å². The normalized spacial score (nSPS) is 10.4. The summed E-state index contributed by atoms with van der Waals surface area (Å²) >= 11 is 0. The lowest BCUT2D eigenvalue weighted by Gasteiger charge is -2.10. The number of anilines is 2. The second-order valence-corrected chi connectivity index (χ2v) is 6.28. The minimum Gasteiger partial charge on any atom is -0.496 e. The van der Waals surface area contributed by atoms with Gasteiger partial charge in [-0.1, -0.05) is 37.3 Å². The summed E-state index contributed by atoms with van der Waals surface area (Å²) in [6.07, 6.45) is 3.13. The Morgan fingerprint density at radius 3 is 2.61 bits per heavy atom. The number of rotatable bonds is 8. The summed E-state index contributed by atoms with van der Waals surface area (Å²) in [6.45, 7) is 2.76. The Labute approximate surface area is 165 Å². The first-order valence-corrected chi connectivity index (χ1v) is 9.27. The third-order valence-electron chi connectivity index (χ3n) is 4.41. The molecule has 1 heterocycles. The number of aromatic nitrogens is 2. The molecule has 0 bridgehead atoms. The van der Waals surface area contributed by atoms with Crippen LogP contribution in [0.15, 0.2) is 60.9 Å². The number of amides is 1. The molecule has 3 rings (SSSR count). The van der Waals surface area contributed by atoms with E-state index in [1.165, 1.54) is 11.9 Å². The van der Waals surface area contributed by atoms with Crippen LogP contribution in [0.2, 0.25) is 0 Å². The predicted octanol–water partition coefficient (Wildman–Crippen LogP) is 3.95. The Morgan fingerprint density at radius 2 is 1.86 bits per heavy atom. The third kappa shape index (κ3) is 5.07. The van der Waals surface area contributed by atoms with Gasteiger partial charge in [-0.05, 0) is 42.2 Å². The molecule has 0 spiro atoms. The number of nitrogens with one attached hydrogen (secondary N) is 2. The van der Waals surface area contributed by atoms with Crippen molar-refractivity contribution < 1.29 is 9.53 Å². The van der Waals surface area contributed by atoms with Crippen LogP contribution < -0.4 is 15.4 Å². The molecule has 0 saturated heterocycles. The molecular weight excluding hydrogens is 352 g/mol. The van der Waals surface area contributed by atoms with Crippen molar-refractivity contribution in [2.24, 2.45) is 0 Å². The molecule has 1 amide bonds. The van der Waals surface area contributed by atoms with E-state index in [1.54, 1.807) is 13.2 Å². The monoisotopic (exact) mass is 376 g/mol. The van der Waals surface area contributed by atoms with Crippen LogP contribution in [0.5, 0.6) is 5.75 Å². The average molecular weight is 376 g/mol. The van der Waals surface area contributed by atoms with Crippen LogP contribution in [0.25, 0.3) is 0 Å². The van der Waals surface area contributed by atoms with Gasteiger partial charge in [-0.2, -0.15) is 0 Å². The van der Waals surface area contributed by atoms with Gasteiger partial charge in [0.2, 0.25) is 0 Å². The second kappa shape index (κ2) is 9.50. The summed E-state index contributed by atoms with van der Waals surface area (Å²) in [4.78, 5) is 20.7. The summed E-state index contributed by atoms with van der Waals surface area (Å²) in [5, 5.41) is 6.09. The Balaban J connectivity index is 1.59. The minimum absolute atomic E-state index is 0.264. The van der Waals surface area contributed by atoms with E-state index in [9.17, 15) is 4.79 Å². The number of aryl methyl sites for hydroxylation is 1. The topological polar surface area (TPSA) is 76.1 Å². The van der Waals surface area contributed by atoms with Gasteiger partial charge >= 0.3 is 0 Å². The molecule has 0 radical (unpaired) electrons. The van der Waals surface area contributed by atoms with Crippen LogP contribution in [0.3, 0.4) is 0 Å². The molecular formula is C22H24N4O2. The van der Waals surface area contributed by atoms with Gasteiger partial charge in [0.25, 0.3) is 5.91 Å². The van der Waals surface area contributed by atoms with Crippen LogP contribution in [-0.2, 0) is 12.8 Å². The zero-order valence-electron chi connectivity index (χ0n) is 16.1. The average Bonchev–Trinajstić information content (AvgIpc) is 2.75. The van der Waals surface area contributed by atoms with Crippen molar-refractivity contribution in [1.29, 1.82) is 0 Å². The summed E-state index contributed by atoms with van der Waals surface area (Å²) in [6, 6.07) is 17.3. The maximum absolute atomic E-state index is 12.5. The van der Waals surface area contributed by atoms with Gasteiger partial charge in [0, 0.05) is 18.3 Å². The van der Waals surface area contributed by atoms with Crippen molar-refractivity contribution in [3.63, 3.8) is 0 Å². The lowest BCUT2D eigenvalue weighted by Crippen LogP contribution is -2.15. The lowest BCUT2D eigenvalue weighted by molar-refractivity contribution is 0.102. The van der Waals surface area contributed by atoms with Crippen molar-refractivity contribution in [2.45, 2.75) is 19.8 Å². The van der Waals surface area contributed by atoms with Gasteiger partial charge in [0.1, 0.15) is 23.6 Å². The Morgan fingerprint density at radius 1 is 1.07 bits per heavy atom. The summed E-state index contributed by atoms with van der Waals surface area (Å²) in [5.74, 6) is 1.21. The molecule has 0 atom stereocenters. The van der Waals surface area contributed by atoms with E-state index in [0.717, 1.165) is 29.8 Å². The predicted molar refractivity (Wildman–Crippen MR) is 111 cm³/mol. The van der Waals surface area contributed by atoms with Gasteiger partial charge in [-0.15, -0.1) is 0 Å². The largest absolute Gasteiger partial charge is 0.496 e. The molecule has 6 nitrogen and oxygen atoms in total. The number of hydrogen-bond acceptors (Lipinski definition) is 5. The number of benzene rings is 2. The highest BCUT2D eigenvalue weighted by molar-refractivity contribution is 6.03. The fourth-order valence-corrected chi connectivity index (χ4v) is 2.83. The molecule has 0 unspecified atom stereocenters. The Kier molecular flexibility index (Phi) is 6.57. The van der Waals surface area contributed by atoms with Gasteiger partial charge in [-0.3, -0.25) is 4.79 Å². The van der Waals surface area contributed by atoms with Crippen LogP contribution in [-0.4, -0.2) is 29.5 Å². The molecule has 144 valence electrons. The number of nitrogens with zero attached hydrogens (tertiary/aromatic N) is 2. The highest BCUT2D eigenvalue weighted by atomic mass is 16.5. The Bertz CT molecular complexity index is 926. The zero-order chi connectivity index (χ0) is 19.8. The standard InChI is InChI=1S/C22H24N4O2/c1-3-16-8-10-18(11-9-16)26-22(27)19-14-21(25-15-24-19)23-13-12-17-6-4-5-7-20(17)28-2/h4-11,14-15H,3,12-13H2,1-2H3,(H,26,27)(H,23,24,25). The molecule has 2 aromatic carbocycles. The first kappa shape index (κ1) is 19.4. The lowest BCUT2D eigenvalue weighted by atomic mass is 10.1. The van der Waals surface area contributed by atoms with Gasteiger partial charge in [0.05, 0.1) is 7.11 Å².